The summed E-state index contributed by atoms with van der Waals surface area (Å²) >= 11 is 6.21. The molecule has 3 atom stereocenters. The summed E-state index contributed by atoms with van der Waals surface area (Å²) in [6.07, 6.45) is 0.658. The van der Waals surface area contributed by atoms with E-state index in [-0.39, 0.29) is 18.0 Å². The van der Waals surface area contributed by atoms with Crippen LogP contribution in [0.1, 0.15) is 24.3 Å². The number of imidazole rings is 1. The molecule has 41 heavy (non-hydrogen) atoms. The van der Waals surface area contributed by atoms with Gasteiger partial charge in [-0.3, -0.25) is 29.0 Å². The van der Waals surface area contributed by atoms with Crippen LogP contribution in [0, 0.1) is 10.1 Å². The molecule has 1 amide bonds. The van der Waals surface area contributed by atoms with Crippen molar-refractivity contribution >= 4 is 77.7 Å². The number of carbonyl (C=O) groups excluding carboxylic acids is 3. The number of ether oxygens (including phenoxy) is 3. The molecule has 2 aliphatic heterocycles. The summed E-state index contributed by atoms with van der Waals surface area (Å²) in [4.78, 5) is 55.6. The van der Waals surface area contributed by atoms with Gasteiger partial charge in [0.2, 0.25) is 0 Å². The maximum Gasteiger partial charge on any atom is 0.355 e. The molecule has 2 aliphatic rings. The third-order valence-corrected chi connectivity index (χ3v) is 10.4. The Balaban J connectivity index is 1.22. The van der Waals surface area contributed by atoms with Crippen molar-refractivity contribution in [3.63, 3.8) is 0 Å². The van der Waals surface area contributed by atoms with E-state index in [0.29, 0.717) is 22.0 Å². The molecule has 3 unspecified atom stereocenters. The molecule has 4 heterocycles. The van der Waals surface area contributed by atoms with Gasteiger partial charge in [-0.05, 0) is 35.9 Å². The van der Waals surface area contributed by atoms with E-state index in [1.54, 1.807) is 13.3 Å². The van der Waals surface area contributed by atoms with Crippen molar-refractivity contribution < 1.29 is 33.5 Å². The zero-order chi connectivity index (χ0) is 29.1. The number of benzene rings is 2. The highest BCUT2D eigenvalue weighted by Gasteiger charge is 2.69. The SMILES string of the molecule is COc1ccc2c(c1)sc1nc(C(OC(C)=O)C3(Br)C(=O)N4C(C(=O)OCc5ccc([N+](=O)[O-])cc5)=CSC43)cn12. The highest BCUT2D eigenvalue weighted by Crippen LogP contribution is 2.58. The first-order valence-corrected chi connectivity index (χ1v) is 14.6. The fourth-order valence-corrected chi connectivity index (χ4v) is 8.02. The number of halogens is 1. The maximum absolute atomic E-state index is 13.6. The van der Waals surface area contributed by atoms with E-state index in [2.05, 4.69) is 15.9 Å². The van der Waals surface area contributed by atoms with Gasteiger partial charge in [0.05, 0.1) is 22.2 Å². The van der Waals surface area contributed by atoms with Crippen molar-refractivity contribution in [2.24, 2.45) is 0 Å². The van der Waals surface area contributed by atoms with Crippen molar-refractivity contribution in [1.82, 2.24) is 14.3 Å². The summed E-state index contributed by atoms with van der Waals surface area (Å²) in [5.74, 6) is -1.09. The van der Waals surface area contributed by atoms with E-state index < -0.39 is 38.6 Å². The minimum Gasteiger partial charge on any atom is -0.497 e. The number of alkyl halides is 1. The number of rotatable bonds is 8. The van der Waals surface area contributed by atoms with E-state index in [9.17, 15) is 24.5 Å². The molecule has 0 spiro atoms. The van der Waals surface area contributed by atoms with Gasteiger partial charge in [-0.1, -0.05) is 27.3 Å². The van der Waals surface area contributed by atoms with Crippen LogP contribution >= 0.6 is 39.0 Å². The standard InChI is InChI=1S/C26H19BrN4O8S2/c1-13(32)39-21(17-10-29-18-8-7-16(37-2)9-20(18)41-25(29)28-17)26(27)23(34)30-19(12-40-24(26)30)22(33)38-11-14-3-5-15(6-4-14)31(35)36/h3-10,12,21,24H,11H2,1-2H3. The molecule has 15 heteroatoms. The molecular formula is C26H19BrN4O8S2. The highest BCUT2D eigenvalue weighted by atomic mass is 79.9. The Morgan fingerprint density at radius 2 is 2.00 bits per heavy atom. The van der Waals surface area contributed by atoms with E-state index >= 15 is 0 Å². The number of amides is 1. The molecular weight excluding hydrogens is 640 g/mol. The quantitative estimate of drug-likeness (QED) is 0.0859. The van der Waals surface area contributed by atoms with Gasteiger partial charge in [0, 0.05) is 30.7 Å². The lowest BCUT2D eigenvalue weighted by Gasteiger charge is -2.51. The number of aromatic nitrogens is 2. The number of esters is 2. The van der Waals surface area contributed by atoms with Crippen LogP contribution < -0.4 is 4.74 Å². The molecule has 0 bridgehead atoms. The predicted octanol–water partition coefficient (Wildman–Crippen LogP) is 4.70. The number of fused-ring (bicyclic) bond motifs is 4. The summed E-state index contributed by atoms with van der Waals surface area (Å²) < 4.78 is 17.8. The molecule has 6 rings (SSSR count). The normalized spacial score (nSPS) is 20.4. The zero-order valence-electron chi connectivity index (χ0n) is 21.3. The summed E-state index contributed by atoms with van der Waals surface area (Å²) in [5, 5.41) is 11.8. The monoisotopic (exact) mass is 658 g/mol. The Kier molecular flexibility index (Phi) is 6.74. The van der Waals surface area contributed by atoms with Crippen LogP contribution in [-0.4, -0.2) is 53.9 Å². The van der Waals surface area contributed by atoms with Gasteiger partial charge in [-0.15, -0.1) is 11.8 Å². The van der Waals surface area contributed by atoms with E-state index in [0.717, 1.165) is 10.2 Å². The Hall–Kier alpha value is -3.95. The lowest BCUT2D eigenvalue weighted by Crippen LogP contribution is -2.70. The van der Waals surface area contributed by atoms with Crippen LogP contribution in [0.25, 0.3) is 15.2 Å². The fourth-order valence-electron chi connectivity index (χ4n) is 4.70. The second-order valence-corrected chi connectivity index (χ2v) is 12.5. The van der Waals surface area contributed by atoms with Gasteiger partial charge in [0.15, 0.2) is 15.4 Å². The van der Waals surface area contributed by atoms with Gasteiger partial charge in [0.25, 0.3) is 11.6 Å². The summed E-state index contributed by atoms with van der Waals surface area (Å²) in [6.45, 7) is 1.12. The Morgan fingerprint density at radius 3 is 2.68 bits per heavy atom. The lowest BCUT2D eigenvalue weighted by molar-refractivity contribution is -0.384. The van der Waals surface area contributed by atoms with Gasteiger partial charge >= 0.3 is 11.9 Å². The number of nitro benzene ring substituents is 1. The first kappa shape index (κ1) is 27.2. The van der Waals surface area contributed by atoms with Crippen molar-refractivity contribution in [3.8, 4) is 5.75 Å². The number of methoxy groups -OCH3 is 1. The second-order valence-electron chi connectivity index (χ2n) is 9.18. The molecule has 210 valence electrons. The Morgan fingerprint density at radius 1 is 1.24 bits per heavy atom. The van der Waals surface area contributed by atoms with Crippen molar-refractivity contribution in [2.75, 3.05) is 7.11 Å². The second kappa shape index (κ2) is 10.2. The number of thiazole rings is 1. The molecule has 4 aromatic rings. The van der Waals surface area contributed by atoms with Crippen LogP contribution in [0.4, 0.5) is 5.69 Å². The van der Waals surface area contributed by atoms with Crippen LogP contribution in [0.3, 0.4) is 0 Å². The highest BCUT2D eigenvalue weighted by molar-refractivity contribution is 9.10. The average molecular weight is 659 g/mol. The molecule has 0 aliphatic carbocycles. The molecule has 1 fully saturated rings. The Labute approximate surface area is 248 Å². The van der Waals surface area contributed by atoms with Crippen molar-refractivity contribution in [3.05, 3.63) is 81.1 Å². The largest absolute Gasteiger partial charge is 0.497 e. The van der Waals surface area contributed by atoms with Gasteiger partial charge in [0.1, 0.15) is 29.1 Å². The predicted molar refractivity (Wildman–Crippen MR) is 152 cm³/mol. The van der Waals surface area contributed by atoms with Gasteiger partial charge in [-0.25, -0.2) is 9.78 Å². The van der Waals surface area contributed by atoms with Gasteiger partial charge in [-0.2, -0.15) is 0 Å². The molecule has 2 aromatic carbocycles. The number of β-lactam (4-membered cyclic amide) rings is 1. The minimum atomic E-state index is -1.39. The number of thioether (sulfide) groups is 1. The summed E-state index contributed by atoms with van der Waals surface area (Å²) in [7, 11) is 1.59. The third kappa shape index (κ3) is 4.44. The van der Waals surface area contributed by atoms with Crippen molar-refractivity contribution in [1.29, 1.82) is 0 Å². The number of carbonyl (C=O) groups is 3. The molecule has 1 saturated heterocycles. The van der Waals surface area contributed by atoms with Crippen molar-refractivity contribution in [2.45, 2.75) is 29.3 Å². The van der Waals surface area contributed by atoms with Gasteiger partial charge < -0.3 is 14.2 Å². The van der Waals surface area contributed by atoms with Crippen LogP contribution in [0.2, 0.25) is 0 Å². The fraction of sp³-hybridized carbons (Fsp3) is 0.231. The number of non-ortho nitro benzene ring substituents is 1. The number of hydrogen-bond donors (Lipinski definition) is 0. The van der Waals surface area contributed by atoms with Crippen LogP contribution in [0.5, 0.6) is 5.75 Å². The smallest absolute Gasteiger partial charge is 0.355 e. The molecule has 0 radical (unpaired) electrons. The minimum absolute atomic E-state index is 0.0503. The van der Waals surface area contributed by atoms with Crippen LogP contribution in [0.15, 0.2) is 59.8 Å². The maximum atomic E-state index is 13.6. The molecule has 2 aromatic heterocycles. The summed E-state index contributed by atoms with van der Waals surface area (Å²) in [5.41, 5.74) is 1.78. The first-order chi connectivity index (χ1) is 19.6. The molecule has 0 N–H and O–H groups in total. The zero-order valence-corrected chi connectivity index (χ0v) is 24.5. The summed E-state index contributed by atoms with van der Waals surface area (Å²) in [6, 6.07) is 11.2. The number of nitrogens with zero attached hydrogens (tertiary/aromatic N) is 4. The molecule has 12 nitrogen and oxygen atoms in total. The lowest BCUT2D eigenvalue weighted by atomic mass is 9.89. The average Bonchev–Trinajstić information content (AvgIpc) is 3.65. The van der Waals surface area contributed by atoms with E-state index in [1.165, 1.54) is 64.6 Å². The van der Waals surface area contributed by atoms with E-state index in [1.807, 2.05) is 22.6 Å². The van der Waals surface area contributed by atoms with Crippen LogP contribution in [-0.2, 0) is 30.5 Å². The number of hydrogen-bond acceptors (Lipinski definition) is 11. The molecule has 0 saturated carbocycles. The topological polar surface area (TPSA) is 143 Å². The van der Waals surface area contributed by atoms with E-state index in [4.69, 9.17) is 19.2 Å². The third-order valence-electron chi connectivity index (χ3n) is 6.69. The Bertz CT molecular complexity index is 1790. The first-order valence-electron chi connectivity index (χ1n) is 12.0. The number of nitro groups is 1.